The van der Waals surface area contributed by atoms with Crippen molar-refractivity contribution >= 4 is 0 Å². The van der Waals surface area contributed by atoms with E-state index in [4.69, 9.17) is 5.73 Å². The van der Waals surface area contributed by atoms with Crippen LogP contribution in [0.4, 0.5) is 17.6 Å². The van der Waals surface area contributed by atoms with Gasteiger partial charge in [-0.1, -0.05) is 24.3 Å². The minimum Gasteiger partial charge on any atom is -0.330 e. The average molecular weight is 221 g/mol. The van der Waals surface area contributed by atoms with Gasteiger partial charge in [-0.05, 0) is 24.1 Å². The molecule has 84 valence electrons. The zero-order valence-corrected chi connectivity index (χ0v) is 7.89. The highest BCUT2D eigenvalue weighted by Gasteiger charge is 2.41. The number of hydrogen-bond donors (Lipinski definition) is 1. The van der Waals surface area contributed by atoms with E-state index < -0.39 is 12.3 Å². The molecule has 0 aliphatic carbocycles. The monoisotopic (exact) mass is 221 g/mol. The van der Waals surface area contributed by atoms with Crippen LogP contribution in [0.5, 0.6) is 0 Å². The first kappa shape index (κ1) is 12.0. The Hall–Kier alpha value is -1.10. The van der Waals surface area contributed by atoms with Crippen molar-refractivity contribution in [1.29, 1.82) is 0 Å². The summed E-state index contributed by atoms with van der Waals surface area (Å²) in [6.45, 7) is 0.326. The van der Waals surface area contributed by atoms with Crippen molar-refractivity contribution < 1.29 is 17.6 Å². The predicted molar refractivity (Wildman–Crippen MR) is 49.1 cm³/mol. The fourth-order valence-electron chi connectivity index (χ4n) is 1.26. The van der Waals surface area contributed by atoms with Crippen LogP contribution in [0.2, 0.25) is 0 Å². The molecule has 0 radical (unpaired) electrons. The zero-order chi connectivity index (χ0) is 11.5. The van der Waals surface area contributed by atoms with Gasteiger partial charge in [0.15, 0.2) is 0 Å². The van der Waals surface area contributed by atoms with Gasteiger partial charge < -0.3 is 5.73 Å². The van der Waals surface area contributed by atoms with Gasteiger partial charge >= 0.3 is 6.18 Å². The molecular formula is C10H11F4N. The van der Waals surface area contributed by atoms with E-state index in [2.05, 4.69) is 0 Å². The fraction of sp³-hybridized carbons (Fsp3) is 0.400. The first-order chi connectivity index (χ1) is 6.95. The molecule has 1 rings (SSSR count). The second-order valence-electron chi connectivity index (χ2n) is 3.19. The molecule has 1 nitrogen and oxygen atoms in total. The maximum atomic E-state index is 12.9. The summed E-state index contributed by atoms with van der Waals surface area (Å²) in [4.78, 5) is 0. The van der Waals surface area contributed by atoms with Crippen molar-refractivity contribution in [1.82, 2.24) is 0 Å². The van der Waals surface area contributed by atoms with E-state index >= 15 is 0 Å². The van der Waals surface area contributed by atoms with Gasteiger partial charge in [-0.2, -0.15) is 13.2 Å². The van der Waals surface area contributed by atoms with Crippen LogP contribution >= 0.6 is 0 Å². The molecule has 0 aliphatic heterocycles. The molecule has 0 heterocycles. The maximum absolute atomic E-state index is 12.9. The molecule has 0 fully saturated rings. The lowest BCUT2D eigenvalue weighted by atomic mass is 10.0. The van der Waals surface area contributed by atoms with Crippen LogP contribution in [-0.2, 0) is 6.42 Å². The van der Waals surface area contributed by atoms with Crippen LogP contribution in [0, 0.1) is 0 Å². The molecule has 0 aromatic heterocycles. The van der Waals surface area contributed by atoms with Gasteiger partial charge in [-0.15, -0.1) is 0 Å². The number of benzene rings is 1. The number of rotatable bonds is 3. The third kappa shape index (κ3) is 3.20. The molecule has 0 bridgehead atoms. The summed E-state index contributed by atoms with van der Waals surface area (Å²) >= 11 is 0. The van der Waals surface area contributed by atoms with E-state index in [-0.39, 0.29) is 5.56 Å². The first-order valence-corrected chi connectivity index (χ1v) is 4.45. The molecule has 15 heavy (non-hydrogen) atoms. The second kappa shape index (κ2) is 4.61. The van der Waals surface area contributed by atoms with Crippen molar-refractivity contribution in [2.24, 2.45) is 5.73 Å². The molecule has 2 N–H and O–H groups in total. The van der Waals surface area contributed by atoms with E-state index in [1.807, 2.05) is 0 Å². The van der Waals surface area contributed by atoms with Gasteiger partial charge in [0.25, 0.3) is 0 Å². The van der Waals surface area contributed by atoms with E-state index in [0.717, 1.165) is 6.07 Å². The van der Waals surface area contributed by atoms with Gasteiger partial charge in [0.1, 0.15) is 0 Å². The van der Waals surface area contributed by atoms with Gasteiger partial charge in [0.05, 0.1) is 0 Å². The Bertz CT molecular complexity index is 321. The SMILES string of the molecule is NCCc1cccc(C(F)C(F)(F)F)c1. The molecule has 1 unspecified atom stereocenters. The van der Waals surface area contributed by atoms with Crippen LogP contribution in [0.3, 0.4) is 0 Å². The highest BCUT2D eigenvalue weighted by atomic mass is 19.4. The molecular weight excluding hydrogens is 210 g/mol. The second-order valence-corrected chi connectivity index (χ2v) is 3.19. The Labute approximate surface area is 84.9 Å². The lowest BCUT2D eigenvalue weighted by Gasteiger charge is -2.13. The molecule has 1 aromatic rings. The van der Waals surface area contributed by atoms with Crippen LogP contribution in [0.1, 0.15) is 17.3 Å². The molecule has 1 aromatic carbocycles. The van der Waals surface area contributed by atoms with Crippen molar-refractivity contribution in [2.75, 3.05) is 6.54 Å². The molecule has 0 amide bonds. The third-order valence-corrected chi connectivity index (χ3v) is 1.96. The quantitative estimate of drug-likeness (QED) is 0.780. The number of halogens is 4. The van der Waals surface area contributed by atoms with E-state index in [1.165, 1.54) is 12.1 Å². The Kier molecular flexibility index (Phi) is 3.68. The largest absolute Gasteiger partial charge is 0.423 e. The molecule has 0 aliphatic rings. The summed E-state index contributed by atoms with van der Waals surface area (Å²) in [7, 11) is 0. The Morgan fingerprint density at radius 1 is 1.27 bits per heavy atom. The third-order valence-electron chi connectivity index (χ3n) is 1.96. The molecule has 5 heteroatoms. The Balaban J connectivity index is 2.90. The Morgan fingerprint density at radius 2 is 1.93 bits per heavy atom. The predicted octanol–water partition coefficient (Wildman–Crippen LogP) is 2.76. The summed E-state index contributed by atoms with van der Waals surface area (Å²) in [5.41, 5.74) is 5.50. The molecule has 0 saturated carbocycles. The van der Waals surface area contributed by atoms with Crippen LogP contribution in [0.15, 0.2) is 24.3 Å². The minimum atomic E-state index is -4.85. The number of hydrogen-bond acceptors (Lipinski definition) is 1. The Morgan fingerprint density at radius 3 is 2.47 bits per heavy atom. The van der Waals surface area contributed by atoms with E-state index in [1.54, 1.807) is 6.07 Å². The van der Waals surface area contributed by atoms with E-state index in [0.29, 0.717) is 18.5 Å². The standard InChI is InChI=1S/C10H11F4N/c11-9(10(12,13)14)8-3-1-2-7(6-8)4-5-15/h1-3,6,9H,4-5,15H2. The summed E-state index contributed by atoms with van der Waals surface area (Å²) in [6.07, 6.45) is -7.32. The van der Waals surface area contributed by atoms with E-state index in [9.17, 15) is 17.6 Å². The van der Waals surface area contributed by atoms with Crippen molar-refractivity contribution in [3.8, 4) is 0 Å². The normalized spacial score (nSPS) is 13.9. The molecule has 0 spiro atoms. The van der Waals surface area contributed by atoms with Gasteiger partial charge in [0.2, 0.25) is 6.17 Å². The molecule has 1 atom stereocenters. The number of nitrogens with two attached hydrogens (primary N) is 1. The van der Waals surface area contributed by atoms with Crippen LogP contribution in [-0.4, -0.2) is 12.7 Å². The van der Waals surface area contributed by atoms with Crippen LogP contribution in [0.25, 0.3) is 0 Å². The summed E-state index contributed by atoms with van der Waals surface area (Å²) in [5, 5.41) is 0. The lowest BCUT2D eigenvalue weighted by Crippen LogP contribution is -2.16. The van der Waals surface area contributed by atoms with Crippen molar-refractivity contribution in [2.45, 2.75) is 18.8 Å². The summed E-state index contributed by atoms with van der Waals surface area (Å²) in [6, 6.07) is 5.35. The fourth-order valence-corrected chi connectivity index (χ4v) is 1.26. The van der Waals surface area contributed by atoms with Gasteiger partial charge in [-0.3, -0.25) is 0 Å². The molecule has 0 saturated heterocycles. The topological polar surface area (TPSA) is 26.0 Å². The van der Waals surface area contributed by atoms with Gasteiger partial charge in [-0.25, -0.2) is 4.39 Å². The lowest BCUT2D eigenvalue weighted by molar-refractivity contribution is -0.182. The number of alkyl halides is 4. The summed E-state index contributed by atoms with van der Waals surface area (Å²) < 4.78 is 49.1. The van der Waals surface area contributed by atoms with Gasteiger partial charge in [0, 0.05) is 0 Å². The van der Waals surface area contributed by atoms with Crippen molar-refractivity contribution in [3.05, 3.63) is 35.4 Å². The minimum absolute atomic E-state index is 0.326. The zero-order valence-electron chi connectivity index (χ0n) is 7.89. The highest BCUT2D eigenvalue weighted by Crippen LogP contribution is 2.35. The van der Waals surface area contributed by atoms with Crippen LogP contribution < -0.4 is 5.73 Å². The average Bonchev–Trinajstić information content (AvgIpc) is 2.16. The first-order valence-electron chi connectivity index (χ1n) is 4.45. The maximum Gasteiger partial charge on any atom is 0.423 e. The highest BCUT2D eigenvalue weighted by molar-refractivity contribution is 5.26. The summed E-state index contributed by atoms with van der Waals surface area (Å²) in [5.74, 6) is 0. The smallest absolute Gasteiger partial charge is 0.330 e. The van der Waals surface area contributed by atoms with Crippen molar-refractivity contribution in [3.63, 3.8) is 0 Å².